The molecule has 104 valence electrons. The summed E-state index contributed by atoms with van der Waals surface area (Å²) in [5.74, 6) is -0.0348. The van der Waals surface area contributed by atoms with E-state index in [9.17, 15) is 9.18 Å². The number of aryl methyl sites for hydroxylation is 1. The Morgan fingerprint density at radius 3 is 3.11 bits per heavy atom. The maximum atomic E-state index is 12.6. The number of nitrogens with zero attached hydrogens (tertiary/aromatic N) is 2. The Balaban J connectivity index is 1.54. The average molecular weight is 269 g/mol. The van der Waals surface area contributed by atoms with Crippen molar-refractivity contribution in [1.82, 2.24) is 9.78 Å². The summed E-state index contributed by atoms with van der Waals surface area (Å²) in [4.78, 5) is 11.0. The lowest BCUT2D eigenvalue weighted by molar-refractivity contribution is -0.0724. The van der Waals surface area contributed by atoms with E-state index in [0.29, 0.717) is 31.9 Å². The van der Waals surface area contributed by atoms with E-state index in [4.69, 9.17) is 15.2 Å². The first kappa shape index (κ1) is 12.4. The number of ether oxygens (including phenoxy) is 2. The Morgan fingerprint density at radius 1 is 1.63 bits per heavy atom. The van der Waals surface area contributed by atoms with E-state index in [-0.39, 0.29) is 17.9 Å². The van der Waals surface area contributed by atoms with Gasteiger partial charge in [0.1, 0.15) is 12.3 Å². The van der Waals surface area contributed by atoms with E-state index in [0.717, 1.165) is 6.42 Å². The van der Waals surface area contributed by atoms with Gasteiger partial charge in [-0.2, -0.15) is 5.10 Å². The number of hydrogen-bond donors (Lipinski definition) is 1. The second-order valence-corrected chi connectivity index (χ2v) is 5.01. The molecule has 0 saturated heterocycles. The van der Waals surface area contributed by atoms with Crippen molar-refractivity contribution in [3.8, 4) is 5.88 Å². The molecule has 1 aliphatic carbocycles. The minimum Gasteiger partial charge on any atom is -0.472 e. The van der Waals surface area contributed by atoms with Gasteiger partial charge in [-0.05, 0) is 0 Å². The fourth-order valence-corrected chi connectivity index (χ4v) is 2.27. The van der Waals surface area contributed by atoms with Crippen molar-refractivity contribution in [3.63, 3.8) is 0 Å². The second-order valence-electron chi connectivity index (χ2n) is 5.01. The molecule has 2 N–H and O–H groups in total. The summed E-state index contributed by atoms with van der Waals surface area (Å²) in [5, 5.41) is 4.04. The third kappa shape index (κ3) is 2.56. The van der Waals surface area contributed by atoms with Gasteiger partial charge in [-0.1, -0.05) is 0 Å². The van der Waals surface area contributed by atoms with Crippen LogP contribution < -0.4 is 10.5 Å². The van der Waals surface area contributed by atoms with Crippen LogP contribution in [0.3, 0.4) is 0 Å². The van der Waals surface area contributed by atoms with Crippen LogP contribution in [0.4, 0.5) is 4.39 Å². The molecule has 3 rings (SSSR count). The number of fused-ring (bicyclic) bond motifs is 1. The maximum absolute atomic E-state index is 12.6. The number of rotatable bonds is 4. The third-order valence-corrected chi connectivity index (χ3v) is 3.50. The zero-order valence-electron chi connectivity index (χ0n) is 10.4. The van der Waals surface area contributed by atoms with Gasteiger partial charge in [0.25, 0.3) is 5.91 Å². The molecule has 0 bridgehead atoms. The van der Waals surface area contributed by atoms with Crippen molar-refractivity contribution in [2.24, 2.45) is 5.73 Å². The van der Waals surface area contributed by atoms with E-state index in [1.807, 2.05) is 0 Å². The molecule has 1 unspecified atom stereocenters. The first-order valence-corrected chi connectivity index (χ1v) is 6.42. The molecular weight excluding hydrogens is 253 g/mol. The standard InChI is InChI=1S/C12H16FN3O3/c13-7-3-9(4-7)18-6-8-1-2-16-11(19-8)5-10(15-16)12(14)17/h5,7-9H,1-4,6H2,(H2,14,17). The van der Waals surface area contributed by atoms with Crippen molar-refractivity contribution in [1.29, 1.82) is 0 Å². The van der Waals surface area contributed by atoms with Crippen LogP contribution in [0.25, 0.3) is 0 Å². The fourth-order valence-electron chi connectivity index (χ4n) is 2.27. The molecule has 7 heteroatoms. The van der Waals surface area contributed by atoms with E-state index in [2.05, 4.69) is 5.10 Å². The van der Waals surface area contributed by atoms with Gasteiger partial charge in [-0.3, -0.25) is 4.79 Å². The summed E-state index contributed by atoms with van der Waals surface area (Å²) in [7, 11) is 0. The van der Waals surface area contributed by atoms with Crippen molar-refractivity contribution in [2.75, 3.05) is 6.61 Å². The number of hydrogen-bond acceptors (Lipinski definition) is 4. The summed E-state index contributed by atoms with van der Waals surface area (Å²) in [5.41, 5.74) is 5.37. The molecule has 19 heavy (non-hydrogen) atoms. The van der Waals surface area contributed by atoms with Crippen molar-refractivity contribution in [2.45, 2.75) is 44.2 Å². The number of amides is 1. The molecular formula is C12H16FN3O3. The number of aromatic nitrogens is 2. The Labute approximate surface area is 109 Å². The molecule has 1 aromatic rings. The first-order chi connectivity index (χ1) is 9.11. The topological polar surface area (TPSA) is 79.4 Å². The third-order valence-electron chi connectivity index (χ3n) is 3.50. The van der Waals surface area contributed by atoms with E-state index in [1.54, 1.807) is 4.68 Å². The molecule has 1 aromatic heterocycles. The summed E-state index contributed by atoms with van der Waals surface area (Å²) >= 11 is 0. The van der Waals surface area contributed by atoms with Crippen LogP contribution in [0.2, 0.25) is 0 Å². The lowest BCUT2D eigenvalue weighted by Crippen LogP contribution is -2.37. The number of nitrogens with two attached hydrogens (primary N) is 1. The molecule has 0 aromatic carbocycles. The quantitative estimate of drug-likeness (QED) is 0.870. The predicted octanol–water partition coefficient (Wildman–Crippen LogP) is 0.650. The van der Waals surface area contributed by atoms with Crippen molar-refractivity contribution >= 4 is 5.91 Å². The number of alkyl halides is 1. The smallest absolute Gasteiger partial charge is 0.269 e. The minimum atomic E-state index is -0.711. The van der Waals surface area contributed by atoms with Crippen molar-refractivity contribution in [3.05, 3.63) is 11.8 Å². The van der Waals surface area contributed by atoms with Crippen molar-refractivity contribution < 1.29 is 18.7 Å². The van der Waals surface area contributed by atoms with Gasteiger partial charge in [-0.15, -0.1) is 0 Å². The fraction of sp³-hybridized carbons (Fsp3) is 0.667. The molecule has 1 aliphatic heterocycles. The van der Waals surface area contributed by atoms with Gasteiger partial charge in [0, 0.05) is 31.9 Å². The van der Waals surface area contributed by atoms with Gasteiger partial charge in [0.05, 0.1) is 12.7 Å². The Morgan fingerprint density at radius 2 is 2.42 bits per heavy atom. The molecule has 6 nitrogen and oxygen atoms in total. The number of carbonyl (C=O) groups is 1. The molecule has 0 radical (unpaired) electrons. The van der Waals surface area contributed by atoms with Gasteiger partial charge >= 0.3 is 0 Å². The Bertz CT molecular complexity index is 485. The highest BCUT2D eigenvalue weighted by molar-refractivity contribution is 5.91. The zero-order chi connectivity index (χ0) is 13.4. The summed E-state index contributed by atoms with van der Waals surface area (Å²) in [6, 6.07) is 1.54. The number of primary amides is 1. The van der Waals surface area contributed by atoms with Crippen LogP contribution in [0.5, 0.6) is 5.88 Å². The largest absolute Gasteiger partial charge is 0.472 e. The highest BCUT2D eigenvalue weighted by Crippen LogP contribution is 2.27. The van der Waals surface area contributed by atoms with Gasteiger partial charge in [0.15, 0.2) is 5.69 Å². The summed E-state index contributed by atoms with van der Waals surface area (Å²) < 4.78 is 25.5. The van der Waals surface area contributed by atoms with Gasteiger partial charge in [-0.25, -0.2) is 9.07 Å². The summed E-state index contributed by atoms with van der Waals surface area (Å²) in [6.07, 6.45) is 0.943. The molecule has 2 aliphatic rings. The van der Waals surface area contributed by atoms with Crippen LogP contribution >= 0.6 is 0 Å². The van der Waals surface area contributed by atoms with Crippen LogP contribution in [-0.2, 0) is 11.3 Å². The maximum Gasteiger partial charge on any atom is 0.269 e. The lowest BCUT2D eigenvalue weighted by Gasteiger charge is -2.32. The molecule has 1 fully saturated rings. The SMILES string of the molecule is NC(=O)c1cc2n(n1)CCC(COC1CC(F)C1)O2. The number of carbonyl (C=O) groups excluding carboxylic acids is 1. The Kier molecular flexibility index (Phi) is 3.14. The molecule has 0 spiro atoms. The van der Waals surface area contributed by atoms with E-state index >= 15 is 0 Å². The van der Waals surface area contributed by atoms with E-state index < -0.39 is 12.1 Å². The Hall–Kier alpha value is -1.63. The molecule has 2 heterocycles. The second kappa shape index (κ2) is 4.80. The normalized spacial score (nSPS) is 29.2. The molecule has 1 atom stereocenters. The predicted molar refractivity (Wildman–Crippen MR) is 63.6 cm³/mol. The van der Waals surface area contributed by atoms with Crippen LogP contribution in [0.1, 0.15) is 29.8 Å². The van der Waals surface area contributed by atoms with Gasteiger partial charge in [0.2, 0.25) is 5.88 Å². The molecule has 1 amide bonds. The lowest BCUT2D eigenvalue weighted by atomic mass is 9.94. The van der Waals surface area contributed by atoms with Crippen LogP contribution in [0.15, 0.2) is 6.07 Å². The first-order valence-electron chi connectivity index (χ1n) is 6.42. The minimum absolute atomic E-state index is 0.0200. The van der Waals surface area contributed by atoms with Crippen LogP contribution in [0, 0.1) is 0 Å². The number of halogens is 1. The average Bonchev–Trinajstić information content (AvgIpc) is 2.76. The molecule has 1 saturated carbocycles. The highest BCUT2D eigenvalue weighted by Gasteiger charge is 2.31. The zero-order valence-corrected chi connectivity index (χ0v) is 10.4. The van der Waals surface area contributed by atoms with E-state index in [1.165, 1.54) is 6.07 Å². The highest BCUT2D eigenvalue weighted by atomic mass is 19.1. The summed E-state index contributed by atoms with van der Waals surface area (Å²) in [6.45, 7) is 1.10. The monoisotopic (exact) mass is 269 g/mol. The van der Waals surface area contributed by atoms with Gasteiger partial charge < -0.3 is 15.2 Å². The van der Waals surface area contributed by atoms with Crippen LogP contribution in [-0.4, -0.2) is 40.7 Å².